The SMILES string of the molecule is CCC(N)C(c1ccc(OC)cc1)N(C)CC(C)C. The fraction of sp³-hybridized carbons (Fsp3) is 0.625. The molecule has 0 saturated heterocycles. The van der Waals surface area contributed by atoms with Gasteiger partial charge >= 0.3 is 0 Å². The average Bonchev–Trinajstić information content (AvgIpc) is 2.38. The van der Waals surface area contributed by atoms with E-state index < -0.39 is 0 Å². The first-order valence-electron chi connectivity index (χ1n) is 7.09. The van der Waals surface area contributed by atoms with Gasteiger partial charge in [0.1, 0.15) is 5.75 Å². The molecule has 19 heavy (non-hydrogen) atoms. The summed E-state index contributed by atoms with van der Waals surface area (Å²) < 4.78 is 5.22. The highest BCUT2D eigenvalue weighted by molar-refractivity contribution is 5.30. The first-order valence-corrected chi connectivity index (χ1v) is 7.09. The molecule has 0 fully saturated rings. The molecule has 0 bridgehead atoms. The zero-order valence-corrected chi connectivity index (χ0v) is 12.9. The van der Waals surface area contributed by atoms with Gasteiger partial charge in [-0.05, 0) is 37.1 Å². The van der Waals surface area contributed by atoms with E-state index in [1.807, 2.05) is 12.1 Å². The minimum atomic E-state index is 0.150. The number of rotatable bonds is 7. The third-order valence-electron chi connectivity index (χ3n) is 3.46. The number of methoxy groups -OCH3 is 1. The van der Waals surface area contributed by atoms with Crippen molar-refractivity contribution >= 4 is 0 Å². The van der Waals surface area contributed by atoms with Gasteiger partial charge in [0.2, 0.25) is 0 Å². The number of nitrogens with two attached hydrogens (primary N) is 1. The minimum Gasteiger partial charge on any atom is -0.497 e. The first-order chi connectivity index (χ1) is 8.99. The van der Waals surface area contributed by atoms with E-state index >= 15 is 0 Å². The third kappa shape index (κ3) is 4.51. The Balaban J connectivity index is 2.94. The maximum absolute atomic E-state index is 6.32. The van der Waals surface area contributed by atoms with Crippen LogP contribution in [0.15, 0.2) is 24.3 Å². The molecule has 2 atom stereocenters. The second-order valence-electron chi connectivity index (χ2n) is 5.62. The van der Waals surface area contributed by atoms with Gasteiger partial charge in [0.15, 0.2) is 0 Å². The molecule has 0 aliphatic rings. The van der Waals surface area contributed by atoms with Gasteiger partial charge in [0.05, 0.1) is 7.11 Å². The van der Waals surface area contributed by atoms with Crippen molar-refractivity contribution in [3.63, 3.8) is 0 Å². The number of likely N-dealkylation sites (N-methyl/N-ethyl adjacent to an activating group) is 1. The number of benzene rings is 1. The van der Waals surface area contributed by atoms with Crippen molar-refractivity contribution in [2.75, 3.05) is 20.7 Å². The van der Waals surface area contributed by atoms with Crippen LogP contribution in [-0.2, 0) is 0 Å². The van der Waals surface area contributed by atoms with Gasteiger partial charge in [0.25, 0.3) is 0 Å². The lowest BCUT2D eigenvalue weighted by Crippen LogP contribution is -2.40. The molecule has 0 aromatic heterocycles. The molecule has 0 saturated carbocycles. The monoisotopic (exact) mass is 264 g/mol. The zero-order valence-electron chi connectivity index (χ0n) is 12.9. The molecule has 3 heteroatoms. The summed E-state index contributed by atoms with van der Waals surface area (Å²) in [5.74, 6) is 1.52. The lowest BCUT2D eigenvalue weighted by Gasteiger charge is -2.34. The summed E-state index contributed by atoms with van der Waals surface area (Å²) >= 11 is 0. The summed E-state index contributed by atoms with van der Waals surface area (Å²) in [5, 5.41) is 0. The van der Waals surface area contributed by atoms with Crippen LogP contribution in [0.2, 0.25) is 0 Å². The van der Waals surface area contributed by atoms with Crippen LogP contribution in [0.1, 0.15) is 38.8 Å². The van der Waals surface area contributed by atoms with Crippen LogP contribution in [-0.4, -0.2) is 31.6 Å². The lowest BCUT2D eigenvalue weighted by molar-refractivity contribution is 0.189. The molecular formula is C16H28N2O. The lowest BCUT2D eigenvalue weighted by atomic mass is 9.96. The summed E-state index contributed by atoms with van der Waals surface area (Å²) in [6.45, 7) is 7.66. The molecule has 3 nitrogen and oxygen atoms in total. The van der Waals surface area contributed by atoms with Crippen molar-refractivity contribution < 1.29 is 4.74 Å². The van der Waals surface area contributed by atoms with Crippen LogP contribution in [0.3, 0.4) is 0 Å². The van der Waals surface area contributed by atoms with Crippen molar-refractivity contribution in [1.29, 1.82) is 0 Å². The molecule has 1 aromatic carbocycles. The molecule has 0 radical (unpaired) electrons. The third-order valence-corrected chi connectivity index (χ3v) is 3.46. The molecule has 2 N–H and O–H groups in total. The average molecular weight is 264 g/mol. The highest BCUT2D eigenvalue weighted by Crippen LogP contribution is 2.26. The minimum absolute atomic E-state index is 0.150. The summed E-state index contributed by atoms with van der Waals surface area (Å²) in [6.07, 6.45) is 0.971. The summed E-state index contributed by atoms with van der Waals surface area (Å²) in [7, 11) is 3.85. The quantitative estimate of drug-likeness (QED) is 0.822. The van der Waals surface area contributed by atoms with Crippen LogP contribution in [0.5, 0.6) is 5.75 Å². The van der Waals surface area contributed by atoms with Crippen LogP contribution < -0.4 is 10.5 Å². The van der Waals surface area contributed by atoms with E-state index in [0.717, 1.165) is 18.7 Å². The van der Waals surface area contributed by atoms with Gasteiger partial charge in [-0.15, -0.1) is 0 Å². The molecule has 1 rings (SSSR count). The van der Waals surface area contributed by atoms with Crippen LogP contribution in [0.25, 0.3) is 0 Å². The predicted octanol–water partition coefficient (Wildman–Crippen LogP) is 3.06. The molecule has 2 unspecified atom stereocenters. The number of nitrogens with zero attached hydrogens (tertiary/aromatic N) is 1. The van der Waals surface area contributed by atoms with Gasteiger partial charge in [0, 0.05) is 18.6 Å². The Kier molecular flexibility index (Phi) is 6.32. The van der Waals surface area contributed by atoms with E-state index in [1.54, 1.807) is 7.11 Å². The number of ether oxygens (including phenoxy) is 1. The van der Waals surface area contributed by atoms with Gasteiger partial charge in [-0.3, -0.25) is 4.90 Å². The second-order valence-corrected chi connectivity index (χ2v) is 5.62. The topological polar surface area (TPSA) is 38.5 Å². The molecule has 0 amide bonds. The molecule has 0 spiro atoms. The summed E-state index contributed by atoms with van der Waals surface area (Å²) in [5.41, 5.74) is 7.59. The van der Waals surface area contributed by atoms with E-state index in [9.17, 15) is 0 Å². The summed E-state index contributed by atoms with van der Waals surface area (Å²) in [6, 6.07) is 8.67. The Hall–Kier alpha value is -1.06. The second kappa shape index (κ2) is 7.51. The standard InChI is InChI=1S/C16H28N2O/c1-6-15(17)16(18(4)11-12(2)3)13-7-9-14(19-5)10-8-13/h7-10,12,15-16H,6,11,17H2,1-5H3. The number of hydrogen-bond acceptors (Lipinski definition) is 3. The van der Waals surface area contributed by atoms with Gasteiger partial charge < -0.3 is 10.5 Å². The van der Waals surface area contributed by atoms with E-state index in [-0.39, 0.29) is 12.1 Å². The highest BCUT2D eigenvalue weighted by atomic mass is 16.5. The van der Waals surface area contributed by atoms with Crippen molar-refractivity contribution in [2.24, 2.45) is 11.7 Å². The predicted molar refractivity (Wildman–Crippen MR) is 81.5 cm³/mol. The molecule has 1 aromatic rings. The van der Waals surface area contributed by atoms with E-state index in [0.29, 0.717) is 5.92 Å². The van der Waals surface area contributed by atoms with Gasteiger partial charge in [-0.1, -0.05) is 32.9 Å². The van der Waals surface area contributed by atoms with Crippen LogP contribution >= 0.6 is 0 Å². The largest absolute Gasteiger partial charge is 0.497 e. The molecular weight excluding hydrogens is 236 g/mol. The van der Waals surface area contributed by atoms with Crippen molar-refractivity contribution in [1.82, 2.24) is 4.90 Å². The smallest absolute Gasteiger partial charge is 0.118 e. The van der Waals surface area contributed by atoms with Crippen LogP contribution in [0, 0.1) is 5.92 Å². The maximum atomic E-state index is 6.32. The Morgan fingerprint density at radius 2 is 1.79 bits per heavy atom. The van der Waals surface area contributed by atoms with E-state index in [4.69, 9.17) is 10.5 Å². The zero-order chi connectivity index (χ0) is 14.4. The van der Waals surface area contributed by atoms with E-state index in [2.05, 4.69) is 44.9 Å². The van der Waals surface area contributed by atoms with Crippen molar-refractivity contribution in [3.8, 4) is 5.75 Å². The fourth-order valence-electron chi connectivity index (χ4n) is 2.54. The molecule has 0 heterocycles. The Labute approximate surface area is 117 Å². The Morgan fingerprint density at radius 3 is 2.21 bits per heavy atom. The molecule has 0 aliphatic heterocycles. The maximum Gasteiger partial charge on any atom is 0.118 e. The highest BCUT2D eigenvalue weighted by Gasteiger charge is 2.23. The van der Waals surface area contributed by atoms with E-state index in [1.165, 1.54) is 5.56 Å². The Morgan fingerprint density at radius 1 is 1.21 bits per heavy atom. The summed E-state index contributed by atoms with van der Waals surface area (Å²) in [4.78, 5) is 2.36. The first kappa shape index (κ1) is 16.0. The normalized spacial score (nSPS) is 14.7. The van der Waals surface area contributed by atoms with Crippen molar-refractivity contribution in [3.05, 3.63) is 29.8 Å². The van der Waals surface area contributed by atoms with Crippen LogP contribution in [0.4, 0.5) is 0 Å². The fourth-order valence-corrected chi connectivity index (χ4v) is 2.54. The molecule has 108 valence electrons. The Bertz CT molecular complexity index is 362. The molecule has 0 aliphatic carbocycles. The van der Waals surface area contributed by atoms with Gasteiger partial charge in [-0.2, -0.15) is 0 Å². The van der Waals surface area contributed by atoms with Crippen molar-refractivity contribution in [2.45, 2.75) is 39.3 Å². The van der Waals surface area contributed by atoms with Gasteiger partial charge in [-0.25, -0.2) is 0 Å². The number of hydrogen-bond donors (Lipinski definition) is 1.